The van der Waals surface area contributed by atoms with Gasteiger partial charge in [0.15, 0.2) is 15.5 Å². The summed E-state index contributed by atoms with van der Waals surface area (Å²) >= 11 is 0. The van der Waals surface area contributed by atoms with Crippen molar-refractivity contribution in [3.63, 3.8) is 0 Å². The van der Waals surface area contributed by atoms with Gasteiger partial charge >= 0.3 is 0 Å². The predicted molar refractivity (Wildman–Crippen MR) is 92.8 cm³/mol. The molecule has 26 heavy (non-hydrogen) atoms. The maximum Gasteiger partial charge on any atom is 0.274 e. The fourth-order valence-corrected chi connectivity index (χ4v) is 4.77. The molecule has 0 saturated carbocycles. The van der Waals surface area contributed by atoms with E-state index in [1.165, 1.54) is 30.1 Å². The third kappa shape index (κ3) is 3.55. The van der Waals surface area contributed by atoms with E-state index in [1.807, 2.05) is 0 Å². The molecule has 1 aliphatic heterocycles. The number of sulfone groups is 1. The molecule has 1 aromatic carbocycles. The number of amides is 2. The van der Waals surface area contributed by atoms with Gasteiger partial charge in [-0.25, -0.2) is 12.8 Å². The molecule has 3 rings (SSSR count). The van der Waals surface area contributed by atoms with Gasteiger partial charge < -0.3 is 10.2 Å². The second-order valence-corrected chi connectivity index (χ2v) is 8.52. The lowest BCUT2D eigenvalue weighted by molar-refractivity contribution is -0.118. The number of hydrogen-bond donors (Lipinski definition) is 2. The molecule has 0 bridgehead atoms. The Bertz CT molecular complexity index is 948. The number of carbonyl (C=O) groups excluding carboxylic acids is 2. The van der Waals surface area contributed by atoms with Crippen molar-refractivity contribution in [3.8, 4) is 0 Å². The number of H-pyrrole nitrogens is 1. The van der Waals surface area contributed by atoms with Crippen LogP contribution < -0.4 is 5.32 Å². The summed E-state index contributed by atoms with van der Waals surface area (Å²) in [4.78, 5) is 25.6. The van der Waals surface area contributed by atoms with Crippen LogP contribution in [0.5, 0.6) is 0 Å². The van der Waals surface area contributed by atoms with Crippen LogP contribution in [0.15, 0.2) is 18.2 Å². The normalized spacial score (nSPS) is 16.0. The Kier molecular flexibility index (Phi) is 4.94. The minimum absolute atomic E-state index is 0.187. The highest BCUT2D eigenvalue weighted by molar-refractivity contribution is 7.92. The molecule has 0 spiro atoms. The van der Waals surface area contributed by atoms with E-state index < -0.39 is 32.6 Å². The fraction of sp³-hybridized carbons (Fsp3) is 0.438. The quantitative estimate of drug-likeness (QED) is 0.798. The molecule has 0 unspecified atom stereocenters. The van der Waals surface area contributed by atoms with E-state index >= 15 is 0 Å². The Labute approximate surface area is 149 Å². The van der Waals surface area contributed by atoms with E-state index in [2.05, 4.69) is 15.5 Å². The molecule has 1 fully saturated rings. The van der Waals surface area contributed by atoms with Crippen LogP contribution in [-0.4, -0.2) is 66.5 Å². The van der Waals surface area contributed by atoms with Crippen molar-refractivity contribution in [1.82, 2.24) is 20.4 Å². The van der Waals surface area contributed by atoms with Crippen molar-refractivity contribution in [2.45, 2.75) is 18.1 Å². The Hall–Kier alpha value is -2.49. The van der Waals surface area contributed by atoms with Gasteiger partial charge in [0.2, 0.25) is 5.91 Å². The van der Waals surface area contributed by atoms with Gasteiger partial charge in [0.05, 0.1) is 10.8 Å². The lowest BCUT2D eigenvalue weighted by Crippen LogP contribution is -2.44. The molecule has 1 aromatic heterocycles. The van der Waals surface area contributed by atoms with Crippen molar-refractivity contribution in [1.29, 1.82) is 0 Å². The van der Waals surface area contributed by atoms with E-state index in [1.54, 1.807) is 0 Å². The summed E-state index contributed by atoms with van der Waals surface area (Å²) in [5.74, 6) is -1.84. The molecular formula is C16H19FN4O4S. The van der Waals surface area contributed by atoms with Crippen molar-refractivity contribution in [2.24, 2.45) is 0 Å². The predicted octanol–water partition coefficient (Wildman–Crippen LogP) is 0.467. The van der Waals surface area contributed by atoms with E-state index in [0.29, 0.717) is 10.9 Å². The Morgan fingerprint density at radius 3 is 2.69 bits per heavy atom. The third-order valence-corrected chi connectivity index (χ3v) is 6.73. The monoisotopic (exact) mass is 382 g/mol. The SMILES string of the molecule is CNC(=O)CS(=O)(=O)C1CCN(C(=O)c2n[nH]c3cc(F)ccc23)CC1. The van der Waals surface area contributed by atoms with Crippen molar-refractivity contribution < 1.29 is 22.4 Å². The highest BCUT2D eigenvalue weighted by Gasteiger charge is 2.33. The molecule has 0 aliphatic carbocycles. The maximum absolute atomic E-state index is 13.2. The molecule has 0 atom stereocenters. The van der Waals surface area contributed by atoms with E-state index in [0.717, 1.165) is 0 Å². The summed E-state index contributed by atoms with van der Waals surface area (Å²) in [6.07, 6.45) is 0.532. The number of hydrogen-bond acceptors (Lipinski definition) is 5. The van der Waals surface area contributed by atoms with Crippen LogP contribution in [0.4, 0.5) is 4.39 Å². The molecule has 0 radical (unpaired) electrons. The van der Waals surface area contributed by atoms with E-state index in [-0.39, 0.29) is 37.5 Å². The minimum Gasteiger partial charge on any atom is -0.358 e. The van der Waals surface area contributed by atoms with Crippen LogP contribution in [0, 0.1) is 5.82 Å². The number of benzene rings is 1. The first-order valence-electron chi connectivity index (χ1n) is 8.17. The Balaban J connectivity index is 1.69. The lowest BCUT2D eigenvalue weighted by atomic mass is 10.1. The highest BCUT2D eigenvalue weighted by Crippen LogP contribution is 2.23. The standard InChI is InChI=1S/C16H19FN4O4S/c1-18-14(22)9-26(24,25)11-4-6-21(7-5-11)16(23)15-12-3-2-10(17)8-13(12)19-20-15/h2-3,8,11H,4-7,9H2,1H3,(H,18,22)(H,19,20). The molecule has 1 saturated heterocycles. The molecule has 2 heterocycles. The minimum atomic E-state index is -3.55. The lowest BCUT2D eigenvalue weighted by Gasteiger charge is -2.31. The van der Waals surface area contributed by atoms with Crippen molar-refractivity contribution >= 4 is 32.6 Å². The molecule has 1 aliphatic rings. The third-order valence-electron chi connectivity index (χ3n) is 4.58. The first-order valence-corrected chi connectivity index (χ1v) is 9.88. The summed E-state index contributed by atoms with van der Waals surface area (Å²) in [5, 5.41) is 8.79. The number of halogens is 1. The van der Waals surface area contributed by atoms with Crippen LogP contribution >= 0.6 is 0 Å². The largest absolute Gasteiger partial charge is 0.358 e. The molecular weight excluding hydrogens is 363 g/mol. The molecule has 140 valence electrons. The van der Waals surface area contributed by atoms with Crippen LogP contribution in [0.3, 0.4) is 0 Å². The zero-order chi connectivity index (χ0) is 18.9. The van der Waals surface area contributed by atoms with Gasteiger partial charge in [0, 0.05) is 25.5 Å². The number of fused-ring (bicyclic) bond motifs is 1. The van der Waals surface area contributed by atoms with Crippen LogP contribution in [0.2, 0.25) is 0 Å². The summed E-state index contributed by atoms with van der Waals surface area (Å²) in [6.45, 7) is 0.512. The summed E-state index contributed by atoms with van der Waals surface area (Å²) < 4.78 is 37.7. The maximum atomic E-state index is 13.2. The fourth-order valence-electron chi connectivity index (χ4n) is 3.10. The summed E-state index contributed by atoms with van der Waals surface area (Å²) in [6, 6.07) is 4.00. The van der Waals surface area contributed by atoms with Crippen molar-refractivity contribution in [2.75, 3.05) is 25.9 Å². The van der Waals surface area contributed by atoms with Crippen molar-refractivity contribution in [3.05, 3.63) is 29.7 Å². The van der Waals surface area contributed by atoms with Gasteiger partial charge in [-0.3, -0.25) is 14.7 Å². The van der Waals surface area contributed by atoms with Gasteiger partial charge in [0.1, 0.15) is 11.6 Å². The van der Waals surface area contributed by atoms with Gasteiger partial charge in [0.25, 0.3) is 5.91 Å². The first kappa shape index (κ1) is 18.3. The number of nitrogens with zero attached hydrogens (tertiary/aromatic N) is 2. The number of carbonyl (C=O) groups is 2. The van der Waals surface area contributed by atoms with Gasteiger partial charge in [-0.05, 0) is 31.0 Å². The number of nitrogens with one attached hydrogen (secondary N) is 2. The molecule has 10 heteroatoms. The van der Waals surface area contributed by atoms with Gasteiger partial charge in [-0.15, -0.1) is 0 Å². The summed E-state index contributed by atoms with van der Waals surface area (Å²) in [5.41, 5.74) is 0.614. The zero-order valence-electron chi connectivity index (χ0n) is 14.2. The molecule has 2 amide bonds. The Morgan fingerprint density at radius 1 is 1.35 bits per heavy atom. The average molecular weight is 382 g/mol. The number of aromatic amines is 1. The van der Waals surface area contributed by atoms with Gasteiger partial charge in [-0.1, -0.05) is 0 Å². The summed E-state index contributed by atoms with van der Waals surface area (Å²) in [7, 11) is -2.16. The number of piperidine rings is 1. The van der Waals surface area contributed by atoms with Gasteiger partial charge in [-0.2, -0.15) is 5.10 Å². The topological polar surface area (TPSA) is 112 Å². The van der Waals surface area contributed by atoms with E-state index in [4.69, 9.17) is 0 Å². The smallest absolute Gasteiger partial charge is 0.274 e. The second kappa shape index (κ2) is 7.02. The van der Waals surface area contributed by atoms with E-state index in [9.17, 15) is 22.4 Å². The highest BCUT2D eigenvalue weighted by atomic mass is 32.2. The number of rotatable bonds is 4. The molecule has 2 aromatic rings. The zero-order valence-corrected chi connectivity index (χ0v) is 15.0. The van der Waals surface area contributed by atoms with Crippen LogP contribution in [0.1, 0.15) is 23.3 Å². The number of aromatic nitrogens is 2. The Morgan fingerprint density at radius 2 is 2.04 bits per heavy atom. The first-order chi connectivity index (χ1) is 12.3. The number of likely N-dealkylation sites (tertiary alicyclic amines) is 1. The molecule has 2 N–H and O–H groups in total. The molecule has 8 nitrogen and oxygen atoms in total. The van der Waals surface area contributed by atoms with Crippen LogP contribution in [0.25, 0.3) is 10.9 Å². The second-order valence-electron chi connectivity index (χ2n) is 6.23. The van der Waals surface area contributed by atoms with Crippen LogP contribution in [-0.2, 0) is 14.6 Å². The average Bonchev–Trinajstić information content (AvgIpc) is 3.03.